The van der Waals surface area contributed by atoms with E-state index >= 15 is 0 Å². The van der Waals surface area contributed by atoms with Gasteiger partial charge in [0.1, 0.15) is 12.4 Å². The van der Waals surface area contributed by atoms with Gasteiger partial charge in [-0.3, -0.25) is 0 Å². The van der Waals surface area contributed by atoms with Crippen LogP contribution >= 0.6 is 0 Å². The summed E-state index contributed by atoms with van der Waals surface area (Å²) in [6.45, 7) is 7.62. The molecule has 1 aliphatic rings. The molecule has 0 radical (unpaired) electrons. The van der Waals surface area contributed by atoms with E-state index in [0.29, 0.717) is 12.7 Å². The first-order chi connectivity index (χ1) is 8.75. The third-order valence-electron chi connectivity index (χ3n) is 3.26. The minimum absolute atomic E-state index is 0.408. The summed E-state index contributed by atoms with van der Waals surface area (Å²) in [7, 11) is 0. The second-order valence-electron chi connectivity index (χ2n) is 4.96. The molecule has 1 aliphatic heterocycles. The van der Waals surface area contributed by atoms with Crippen LogP contribution < -0.4 is 10.1 Å². The van der Waals surface area contributed by atoms with E-state index in [0.717, 1.165) is 25.4 Å². The maximum absolute atomic E-state index is 5.75. The van der Waals surface area contributed by atoms with Crippen LogP contribution in [0.2, 0.25) is 0 Å². The van der Waals surface area contributed by atoms with Gasteiger partial charge in [0.25, 0.3) is 0 Å². The van der Waals surface area contributed by atoms with Crippen molar-refractivity contribution in [2.75, 3.05) is 26.3 Å². The Bertz CT molecular complexity index is 373. The Morgan fingerprint density at radius 3 is 3.00 bits per heavy atom. The SMILES string of the molecule is Cc1ccc(OCCNCC2CCCO2)c(C)c1. The summed E-state index contributed by atoms with van der Waals surface area (Å²) in [5.74, 6) is 0.986. The van der Waals surface area contributed by atoms with Crippen molar-refractivity contribution >= 4 is 0 Å². The van der Waals surface area contributed by atoms with Crippen LogP contribution in [0.25, 0.3) is 0 Å². The summed E-state index contributed by atoms with van der Waals surface area (Å²) in [4.78, 5) is 0. The molecule has 2 rings (SSSR count). The normalized spacial score (nSPS) is 19.1. The second-order valence-corrected chi connectivity index (χ2v) is 4.96. The molecule has 1 unspecified atom stereocenters. The zero-order valence-corrected chi connectivity index (χ0v) is 11.4. The molecule has 1 heterocycles. The van der Waals surface area contributed by atoms with E-state index in [9.17, 15) is 0 Å². The molecular weight excluding hydrogens is 226 g/mol. The lowest BCUT2D eigenvalue weighted by Crippen LogP contribution is -2.29. The molecule has 0 saturated carbocycles. The van der Waals surface area contributed by atoms with Gasteiger partial charge in [0.05, 0.1) is 6.10 Å². The Morgan fingerprint density at radius 2 is 2.28 bits per heavy atom. The van der Waals surface area contributed by atoms with Crippen molar-refractivity contribution in [2.24, 2.45) is 0 Å². The first kappa shape index (κ1) is 13.4. The summed E-state index contributed by atoms with van der Waals surface area (Å²) < 4.78 is 11.3. The Morgan fingerprint density at radius 1 is 1.39 bits per heavy atom. The van der Waals surface area contributed by atoms with Gasteiger partial charge in [-0.1, -0.05) is 17.7 Å². The van der Waals surface area contributed by atoms with Gasteiger partial charge in [-0.05, 0) is 38.3 Å². The maximum Gasteiger partial charge on any atom is 0.122 e. The van der Waals surface area contributed by atoms with E-state index in [4.69, 9.17) is 9.47 Å². The molecule has 100 valence electrons. The molecular formula is C15H23NO2. The maximum atomic E-state index is 5.75. The summed E-state index contributed by atoms with van der Waals surface area (Å²) >= 11 is 0. The largest absolute Gasteiger partial charge is 0.492 e. The van der Waals surface area contributed by atoms with Crippen molar-refractivity contribution in [3.05, 3.63) is 29.3 Å². The predicted octanol–water partition coefficient (Wildman–Crippen LogP) is 2.45. The average molecular weight is 249 g/mol. The van der Waals surface area contributed by atoms with Gasteiger partial charge >= 0.3 is 0 Å². The predicted molar refractivity (Wildman–Crippen MR) is 73.3 cm³/mol. The molecule has 18 heavy (non-hydrogen) atoms. The van der Waals surface area contributed by atoms with Crippen molar-refractivity contribution in [1.29, 1.82) is 0 Å². The Hall–Kier alpha value is -1.06. The van der Waals surface area contributed by atoms with Crippen LogP contribution in [0.15, 0.2) is 18.2 Å². The number of rotatable bonds is 6. The van der Waals surface area contributed by atoms with Gasteiger partial charge in [0.15, 0.2) is 0 Å². The lowest BCUT2D eigenvalue weighted by molar-refractivity contribution is 0.109. The van der Waals surface area contributed by atoms with Gasteiger partial charge in [-0.15, -0.1) is 0 Å². The zero-order chi connectivity index (χ0) is 12.8. The van der Waals surface area contributed by atoms with Crippen LogP contribution in [0.3, 0.4) is 0 Å². The zero-order valence-electron chi connectivity index (χ0n) is 11.4. The van der Waals surface area contributed by atoms with Gasteiger partial charge in [-0.2, -0.15) is 0 Å². The van der Waals surface area contributed by atoms with E-state index in [1.54, 1.807) is 0 Å². The molecule has 3 nitrogen and oxygen atoms in total. The lowest BCUT2D eigenvalue weighted by atomic mass is 10.1. The Labute approximate surface area is 109 Å². The molecule has 1 saturated heterocycles. The topological polar surface area (TPSA) is 30.5 Å². The standard InChI is InChI=1S/C15H23NO2/c1-12-5-6-15(13(2)10-12)18-9-7-16-11-14-4-3-8-17-14/h5-6,10,14,16H,3-4,7-9,11H2,1-2H3. The highest BCUT2D eigenvalue weighted by atomic mass is 16.5. The van der Waals surface area contributed by atoms with Crippen molar-refractivity contribution in [3.8, 4) is 5.75 Å². The third-order valence-corrected chi connectivity index (χ3v) is 3.26. The number of benzene rings is 1. The molecule has 0 bridgehead atoms. The molecule has 1 fully saturated rings. The van der Waals surface area contributed by atoms with Gasteiger partial charge in [-0.25, -0.2) is 0 Å². The van der Waals surface area contributed by atoms with Crippen molar-refractivity contribution in [1.82, 2.24) is 5.32 Å². The Kier molecular flexibility index (Phi) is 5.02. The second kappa shape index (κ2) is 6.76. The third kappa shape index (κ3) is 4.00. The fraction of sp³-hybridized carbons (Fsp3) is 0.600. The number of aryl methyl sites for hydroxylation is 2. The van der Waals surface area contributed by atoms with Crippen molar-refractivity contribution in [3.63, 3.8) is 0 Å². The van der Waals surface area contributed by atoms with Crippen molar-refractivity contribution in [2.45, 2.75) is 32.8 Å². The molecule has 0 aliphatic carbocycles. The van der Waals surface area contributed by atoms with E-state index in [-0.39, 0.29) is 0 Å². The van der Waals surface area contributed by atoms with Crippen molar-refractivity contribution < 1.29 is 9.47 Å². The van der Waals surface area contributed by atoms with Gasteiger partial charge in [0.2, 0.25) is 0 Å². The fourth-order valence-corrected chi connectivity index (χ4v) is 2.26. The summed E-state index contributed by atoms with van der Waals surface area (Å²) in [6.07, 6.45) is 2.79. The highest BCUT2D eigenvalue weighted by Crippen LogP contribution is 2.18. The highest BCUT2D eigenvalue weighted by Gasteiger charge is 2.14. The Balaban J connectivity index is 1.62. The van der Waals surface area contributed by atoms with Crippen LogP contribution in [0, 0.1) is 13.8 Å². The van der Waals surface area contributed by atoms with Crippen LogP contribution in [-0.4, -0.2) is 32.4 Å². The summed E-state index contributed by atoms with van der Waals surface area (Å²) in [6, 6.07) is 6.28. The first-order valence-corrected chi connectivity index (χ1v) is 6.78. The van der Waals surface area contributed by atoms with E-state index < -0.39 is 0 Å². The molecule has 1 aromatic carbocycles. The monoisotopic (exact) mass is 249 g/mol. The number of nitrogens with one attached hydrogen (secondary N) is 1. The summed E-state index contributed by atoms with van der Waals surface area (Å²) in [5, 5.41) is 3.38. The molecule has 0 spiro atoms. The van der Waals surface area contributed by atoms with Crippen LogP contribution in [-0.2, 0) is 4.74 Å². The molecule has 0 aromatic heterocycles. The van der Waals surface area contributed by atoms with Crippen LogP contribution in [0.1, 0.15) is 24.0 Å². The number of hydrogen-bond donors (Lipinski definition) is 1. The van der Waals surface area contributed by atoms with Crippen LogP contribution in [0.4, 0.5) is 0 Å². The minimum atomic E-state index is 0.408. The molecule has 1 atom stereocenters. The molecule has 0 amide bonds. The quantitative estimate of drug-likeness (QED) is 0.786. The van der Waals surface area contributed by atoms with Crippen LogP contribution in [0.5, 0.6) is 5.75 Å². The van der Waals surface area contributed by atoms with E-state index in [2.05, 4.69) is 31.3 Å². The fourth-order valence-electron chi connectivity index (χ4n) is 2.26. The van der Waals surface area contributed by atoms with Gasteiger partial charge < -0.3 is 14.8 Å². The lowest BCUT2D eigenvalue weighted by Gasteiger charge is -2.12. The molecule has 1 aromatic rings. The minimum Gasteiger partial charge on any atom is -0.492 e. The summed E-state index contributed by atoms with van der Waals surface area (Å²) in [5.41, 5.74) is 2.48. The van der Waals surface area contributed by atoms with E-state index in [1.165, 1.54) is 24.0 Å². The molecule has 1 N–H and O–H groups in total. The molecule has 3 heteroatoms. The number of ether oxygens (including phenoxy) is 2. The first-order valence-electron chi connectivity index (χ1n) is 6.78. The average Bonchev–Trinajstić information content (AvgIpc) is 2.84. The van der Waals surface area contributed by atoms with E-state index in [1.807, 2.05) is 6.07 Å². The number of hydrogen-bond acceptors (Lipinski definition) is 3. The smallest absolute Gasteiger partial charge is 0.122 e. The van der Waals surface area contributed by atoms with Gasteiger partial charge in [0, 0.05) is 19.7 Å². The highest BCUT2D eigenvalue weighted by molar-refractivity contribution is 5.35.